The smallest absolute Gasteiger partial charge is 0.271 e. The molecule has 1 fully saturated rings. The fourth-order valence-electron chi connectivity index (χ4n) is 5.14. The van der Waals surface area contributed by atoms with E-state index in [0.29, 0.717) is 35.1 Å². The molecule has 0 bridgehead atoms. The molecule has 2 aromatic heterocycles. The van der Waals surface area contributed by atoms with Crippen molar-refractivity contribution in [2.75, 3.05) is 0 Å². The van der Waals surface area contributed by atoms with Gasteiger partial charge < -0.3 is 10.3 Å². The summed E-state index contributed by atoms with van der Waals surface area (Å²) >= 11 is 1.01. The van der Waals surface area contributed by atoms with Crippen LogP contribution in [0.4, 0.5) is 8.78 Å². The van der Waals surface area contributed by atoms with Gasteiger partial charge in [-0.1, -0.05) is 0 Å². The van der Waals surface area contributed by atoms with Crippen LogP contribution in [0.15, 0.2) is 27.8 Å². The summed E-state index contributed by atoms with van der Waals surface area (Å²) in [5, 5.41) is 0.0545. The van der Waals surface area contributed by atoms with Crippen LogP contribution in [0, 0.1) is 23.5 Å². The first-order chi connectivity index (χ1) is 13.9. The number of halogens is 2. The molecule has 2 aliphatic rings. The van der Waals surface area contributed by atoms with Crippen LogP contribution >= 0.6 is 11.5 Å². The van der Waals surface area contributed by atoms with E-state index in [0.717, 1.165) is 49.0 Å². The molecule has 0 saturated heterocycles. The Bertz CT molecular complexity index is 1230. The first-order valence-electron chi connectivity index (χ1n) is 9.93. The summed E-state index contributed by atoms with van der Waals surface area (Å²) in [4.78, 5) is 25.7. The molecule has 2 heterocycles. The van der Waals surface area contributed by atoms with Crippen molar-refractivity contribution in [1.29, 1.82) is 0 Å². The lowest BCUT2D eigenvalue weighted by Crippen LogP contribution is -2.31. The summed E-state index contributed by atoms with van der Waals surface area (Å²) in [5.41, 5.74) is 6.85. The monoisotopic (exact) mass is 417 g/mol. The molecule has 1 saturated carbocycles. The zero-order chi connectivity index (χ0) is 20.3. The lowest BCUT2D eigenvalue weighted by molar-refractivity contribution is 0.297. The SMILES string of the molecule is NC1CCC(C2CCc3c(n(-c4ccc(F)cc4F)c4s[nH]c(=O)c4c3=O)C2)C1. The van der Waals surface area contributed by atoms with Crippen LogP contribution in [0.3, 0.4) is 0 Å². The van der Waals surface area contributed by atoms with Gasteiger partial charge in [-0.05, 0) is 74.0 Å². The number of fused-ring (bicyclic) bond motifs is 2. The normalized spacial score (nSPS) is 24.2. The molecule has 5 nitrogen and oxygen atoms in total. The molecule has 3 N–H and O–H groups in total. The van der Waals surface area contributed by atoms with Crippen LogP contribution in [0.25, 0.3) is 15.9 Å². The van der Waals surface area contributed by atoms with Gasteiger partial charge in [0.1, 0.15) is 21.9 Å². The second kappa shape index (κ2) is 6.88. The molecule has 8 heteroatoms. The number of nitrogens with one attached hydrogen (secondary N) is 1. The van der Waals surface area contributed by atoms with Gasteiger partial charge in [-0.15, -0.1) is 0 Å². The van der Waals surface area contributed by atoms with Crippen molar-refractivity contribution < 1.29 is 8.78 Å². The lowest BCUT2D eigenvalue weighted by Gasteiger charge is -2.31. The molecular formula is C21H21F2N3O2S. The van der Waals surface area contributed by atoms with E-state index in [4.69, 9.17) is 5.73 Å². The molecule has 0 aliphatic heterocycles. The molecule has 0 amide bonds. The first kappa shape index (κ1) is 18.7. The molecule has 5 rings (SSSR count). The number of hydrogen-bond acceptors (Lipinski definition) is 4. The van der Waals surface area contributed by atoms with Gasteiger partial charge in [0.25, 0.3) is 5.56 Å². The Morgan fingerprint density at radius 1 is 1.14 bits per heavy atom. The highest BCUT2D eigenvalue weighted by Gasteiger charge is 2.34. The van der Waals surface area contributed by atoms with Crippen LogP contribution in [0.2, 0.25) is 0 Å². The average Bonchev–Trinajstić information content (AvgIpc) is 3.29. The molecule has 29 heavy (non-hydrogen) atoms. The van der Waals surface area contributed by atoms with Crippen molar-refractivity contribution in [2.45, 2.75) is 44.6 Å². The van der Waals surface area contributed by atoms with E-state index in [2.05, 4.69) is 4.37 Å². The number of aromatic amines is 1. The van der Waals surface area contributed by atoms with Crippen LogP contribution in [0.5, 0.6) is 0 Å². The summed E-state index contributed by atoms with van der Waals surface area (Å²) < 4.78 is 32.5. The van der Waals surface area contributed by atoms with Gasteiger partial charge in [0.05, 0.1) is 5.69 Å². The van der Waals surface area contributed by atoms with Crippen molar-refractivity contribution in [2.24, 2.45) is 17.6 Å². The van der Waals surface area contributed by atoms with Crippen molar-refractivity contribution >= 4 is 21.7 Å². The minimum Gasteiger partial charge on any atom is -0.328 e. The molecule has 0 spiro atoms. The highest BCUT2D eigenvalue weighted by atomic mass is 32.1. The highest BCUT2D eigenvalue weighted by Crippen LogP contribution is 2.39. The number of nitrogens with two attached hydrogens (primary N) is 1. The van der Waals surface area contributed by atoms with Crippen LogP contribution in [-0.4, -0.2) is 15.0 Å². The van der Waals surface area contributed by atoms with E-state index < -0.39 is 17.2 Å². The van der Waals surface area contributed by atoms with Gasteiger partial charge in [-0.25, -0.2) is 8.78 Å². The van der Waals surface area contributed by atoms with Crippen LogP contribution in [0.1, 0.15) is 36.9 Å². The third-order valence-corrected chi connectivity index (χ3v) is 7.42. The predicted molar refractivity (Wildman–Crippen MR) is 109 cm³/mol. The van der Waals surface area contributed by atoms with E-state index in [1.165, 1.54) is 12.1 Å². The summed E-state index contributed by atoms with van der Waals surface area (Å²) in [6, 6.07) is 3.61. The maximum absolute atomic E-state index is 14.8. The predicted octanol–water partition coefficient (Wildman–Crippen LogP) is 3.25. The summed E-state index contributed by atoms with van der Waals surface area (Å²) in [7, 11) is 0. The van der Waals surface area contributed by atoms with E-state index in [1.54, 1.807) is 4.57 Å². The Kier molecular flexibility index (Phi) is 4.43. The zero-order valence-corrected chi connectivity index (χ0v) is 16.5. The average molecular weight is 417 g/mol. The molecule has 3 aromatic rings. The minimum atomic E-state index is -0.719. The van der Waals surface area contributed by atoms with E-state index >= 15 is 0 Å². The number of benzene rings is 1. The zero-order valence-electron chi connectivity index (χ0n) is 15.7. The lowest BCUT2D eigenvalue weighted by atomic mass is 9.77. The van der Waals surface area contributed by atoms with Gasteiger partial charge in [-0.2, -0.15) is 0 Å². The first-order valence-corrected chi connectivity index (χ1v) is 10.7. The third kappa shape index (κ3) is 2.97. The maximum atomic E-state index is 14.8. The van der Waals surface area contributed by atoms with Crippen LogP contribution < -0.4 is 16.7 Å². The van der Waals surface area contributed by atoms with Gasteiger partial charge in [0.15, 0.2) is 5.43 Å². The Balaban J connectivity index is 1.74. The standard InChI is InChI=1S/C21H21F2N3O2S/c22-12-3-6-16(15(23)9-12)26-17-8-11(10-1-4-13(24)7-10)2-5-14(17)19(27)18-20(28)25-29-21(18)26/h3,6,9-11,13H,1-2,4-5,7-8,24H2,(H,25,28). The molecule has 1 aromatic carbocycles. The number of pyridine rings is 1. The fourth-order valence-corrected chi connectivity index (χ4v) is 6.02. The third-order valence-electron chi connectivity index (χ3n) is 6.56. The van der Waals surface area contributed by atoms with Crippen molar-refractivity contribution in [3.8, 4) is 5.69 Å². The molecule has 3 unspecified atom stereocenters. The Morgan fingerprint density at radius 2 is 1.97 bits per heavy atom. The van der Waals surface area contributed by atoms with Crippen LogP contribution in [-0.2, 0) is 12.8 Å². The van der Waals surface area contributed by atoms with Gasteiger partial charge in [0, 0.05) is 23.4 Å². The maximum Gasteiger partial charge on any atom is 0.271 e. The number of aromatic nitrogens is 2. The minimum absolute atomic E-state index is 0.0545. The fraction of sp³-hybridized carbons (Fsp3) is 0.429. The number of hydrogen-bond donors (Lipinski definition) is 2. The van der Waals surface area contributed by atoms with Gasteiger partial charge >= 0.3 is 0 Å². The van der Waals surface area contributed by atoms with E-state index in [9.17, 15) is 18.4 Å². The molecule has 2 aliphatic carbocycles. The molecule has 0 radical (unpaired) electrons. The number of H-pyrrole nitrogens is 1. The van der Waals surface area contributed by atoms with E-state index in [-0.39, 0.29) is 22.5 Å². The quantitative estimate of drug-likeness (QED) is 0.672. The van der Waals surface area contributed by atoms with Gasteiger partial charge in [0.2, 0.25) is 0 Å². The summed E-state index contributed by atoms with van der Waals surface area (Å²) in [5.74, 6) is -0.542. The van der Waals surface area contributed by atoms with Crippen molar-refractivity contribution in [3.63, 3.8) is 0 Å². The summed E-state index contributed by atoms with van der Waals surface area (Å²) in [6.07, 6.45) is 5.08. The topological polar surface area (TPSA) is 80.9 Å². The highest BCUT2D eigenvalue weighted by molar-refractivity contribution is 7.12. The largest absolute Gasteiger partial charge is 0.328 e. The second-order valence-corrected chi connectivity index (χ2v) is 9.03. The Hall–Kier alpha value is -2.32. The van der Waals surface area contributed by atoms with Crippen molar-refractivity contribution in [1.82, 2.24) is 8.94 Å². The molecule has 3 atom stereocenters. The number of nitrogens with zero attached hydrogens (tertiary/aromatic N) is 1. The molecule has 152 valence electrons. The number of rotatable bonds is 2. The summed E-state index contributed by atoms with van der Waals surface area (Å²) in [6.45, 7) is 0. The Labute approximate surface area is 169 Å². The van der Waals surface area contributed by atoms with E-state index in [1.807, 2.05) is 0 Å². The van der Waals surface area contributed by atoms with Gasteiger partial charge in [-0.3, -0.25) is 14.0 Å². The Morgan fingerprint density at radius 3 is 2.69 bits per heavy atom. The second-order valence-electron chi connectivity index (χ2n) is 8.24. The van der Waals surface area contributed by atoms with Crippen molar-refractivity contribution in [3.05, 3.63) is 61.7 Å². The molecular weight excluding hydrogens is 396 g/mol.